The molecule has 2 aromatic carbocycles. The lowest BCUT2D eigenvalue weighted by molar-refractivity contribution is -0.147. The number of aromatic amines is 1. The number of H-pyrrole nitrogens is 1. The maximum absolute atomic E-state index is 12.4. The highest BCUT2D eigenvalue weighted by Gasteiger charge is 2.24. The van der Waals surface area contributed by atoms with Crippen LogP contribution < -0.4 is 10.1 Å². The molecular formula is C24H28N2O4. The highest BCUT2D eigenvalue weighted by Crippen LogP contribution is 2.19. The molecule has 3 rings (SSSR count). The minimum atomic E-state index is -0.785. The minimum absolute atomic E-state index is 0.170. The van der Waals surface area contributed by atoms with Crippen LogP contribution >= 0.6 is 0 Å². The van der Waals surface area contributed by atoms with Gasteiger partial charge in [-0.25, -0.2) is 4.79 Å². The van der Waals surface area contributed by atoms with Crippen molar-refractivity contribution in [3.8, 4) is 5.75 Å². The fraction of sp³-hybridized carbons (Fsp3) is 0.333. The van der Waals surface area contributed by atoms with Crippen LogP contribution in [0.3, 0.4) is 0 Å². The van der Waals surface area contributed by atoms with Gasteiger partial charge in [0.2, 0.25) is 0 Å². The molecule has 30 heavy (non-hydrogen) atoms. The van der Waals surface area contributed by atoms with Crippen LogP contribution in [-0.4, -0.2) is 36.1 Å². The van der Waals surface area contributed by atoms with Crippen LogP contribution in [0, 0.1) is 0 Å². The molecule has 0 bridgehead atoms. The van der Waals surface area contributed by atoms with E-state index in [0.717, 1.165) is 29.3 Å². The number of ether oxygens (including phenoxy) is 2. The van der Waals surface area contributed by atoms with E-state index >= 15 is 0 Å². The fourth-order valence-electron chi connectivity index (χ4n) is 3.38. The summed E-state index contributed by atoms with van der Waals surface area (Å²) in [6.45, 7) is 3.95. The predicted octanol–water partition coefficient (Wildman–Crippen LogP) is 3.79. The Labute approximate surface area is 176 Å². The van der Waals surface area contributed by atoms with Gasteiger partial charge in [-0.15, -0.1) is 0 Å². The van der Waals surface area contributed by atoms with Gasteiger partial charge in [0, 0.05) is 23.5 Å². The second-order valence-electron chi connectivity index (χ2n) is 7.12. The van der Waals surface area contributed by atoms with Crippen LogP contribution in [0.1, 0.15) is 31.4 Å². The third-order valence-corrected chi connectivity index (χ3v) is 4.84. The maximum Gasteiger partial charge on any atom is 0.328 e. The van der Waals surface area contributed by atoms with E-state index in [4.69, 9.17) is 9.47 Å². The molecule has 1 heterocycles. The first kappa shape index (κ1) is 21.4. The molecule has 158 valence electrons. The molecule has 0 fully saturated rings. The Kier molecular flexibility index (Phi) is 7.49. The highest BCUT2D eigenvalue weighted by atomic mass is 16.5. The fourth-order valence-corrected chi connectivity index (χ4v) is 3.38. The van der Waals surface area contributed by atoms with E-state index in [0.29, 0.717) is 12.2 Å². The monoisotopic (exact) mass is 408 g/mol. The van der Waals surface area contributed by atoms with E-state index in [-0.39, 0.29) is 19.1 Å². The molecule has 1 atom stereocenters. The largest absolute Gasteiger partial charge is 0.484 e. The van der Waals surface area contributed by atoms with Crippen LogP contribution in [0.5, 0.6) is 5.75 Å². The Morgan fingerprint density at radius 2 is 1.83 bits per heavy atom. The summed E-state index contributed by atoms with van der Waals surface area (Å²) in [4.78, 5) is 28.1. The number of esters is 1. The van der Waals surface area contributed by atoms with Gasteiger partial charge in [-0.3, -0.25) is 4.79 Å². The predicted molar refractivity (Wildman–Crippen MR) is 116 cm³/mol. The summed E-state index contributed by atoms with van der Waals surface area (Å²) < 4.78 is 10.7. The number of carbonyl (C=O) groups excluding carboxylic acids is 2. The Morgan fingerprint density at radius 1 is 1.07 bits per heavy atom. The summed E-state index contributed by atoms with van der Waals surface area (Å²) in [7, 11) is 0. The molecule has 6 nitrogen and oxygen atoms in total. The molecule has 0 radical (unpaired) electrons. The number of rotatable bonds is 10. The van der Waals surface area contributed by atoms with Crippen LogP contribution in [-0.2, 0) is 27.2 Å². The summed E-state index contributed by atoms with van der Waals surface area (Å²) in [5.41, 5.74) is 3.16. The molecule has 0 aliphatic rings. The second kappa shape index (κ2) is 10.5. The summed E-state index contributed by atoms with van der Waals surface area (Å²) >= 11 is 0. The van der Waals surface area contributed by atoms with Gasteiger partial charge >= 0.3 is 5.97 Å². The Morgan fingerprint density at radius 3 is 2.57 bits per heavy atom. The SMILES string of the molecule is CCCc1ccc(OCC(=O)NC(Cc2c[nH]c3ccccc23)C(=O)OCC)cc1. The topological polar surface area (TPSA) is 80.4 Å². The van der Waals surface area contributed by atoms with E-state index in [1.54, 1.807) is 6.92 Å². The van der Waals surface area contributed by atoms with Crippen molar-refractivity contribution in [2.24, 2.45) is 0 Å². The van der Waals surface area contributed by atoms with Crippen LogP contribution in [0.15, 0.2) is 54.7 Å². The lowest BCUT2D eigenvalue weighted by Crippen LogP contribution is -2.45. The van der Waals surface area contributed by atoms with Gasteiger partial charge in [0.1, 0.15) is 11.8 Å². The average molecular weight is 408 g/mol. The first-order valence-electron chi connectivity index (χ1n) is 10.3. The Bertz CT molecular complexity index is 978. The summed E-state index contributed by atoms with van der Waals surface area (Å²) in [6.07, 6.45) is 4.28. The second-order valence-corrected chi connectivity index (χ2v) is 7.12. The zero-order valence-corrected chi connectivity index (χ0v) is 17.4. The number of hydrogen-bond donors (Lipinski definition) is 2. The van der Waals surface area contributed by atoms with Crippen molar-refractivity contribution in [1.29, 1.82) is 0 Å². The Hall–Kier alpha value is -3.28. The van der Waals surface area contributed by atoms with Crippen LogP contribution in [0.25, 0.3) is 10.9 Å². The van der Waals surface area contributed by atoms with E-state index in [9.17, 15) is 9.59 Å². The standard InChI is InChI=1S/C24H28N2O4/c1-3-7-17-10-12-19(13-11-17)30-16-23(27)26-22(24(28)29-4-2)14-18-15-25-21-9-6-5-8-20(18)21/h5-6,8-13,15,22,25H,3-4,7,14,16H2,1-2H3,(H,26,27). The molecule has 6 heteroatoms. The van der Waals surface area contributed by atoms with E-state index in [1.807, 2.05) is 54.7 Å². The van der Waals surface area contributed by atoms with Crippen molar-refractivity contribution < 1.29 is 19.1 Å². The van der Waals surface area contributed by atoms with Gasteiger partial charge in [-0.1, -0.05) is 43.7 Å². The van der Waals surface area contributed by atoms with Crippen LogP contribution in [0.4, 0.5) is 0 Å². The molecular weight excluding hydrogens is 380 g/mol. The van der Waals surface area contributed by atoms with Gasteiger partial charge in [-0.05, 0) is 42.7 Å². The van der Waals surface area contributed by atoms with Crippen molar-refractivity contribution in [2.45, 2.75) is 39.2 Å². The first-order valence-corrected chi connectivity index (χ1v) is 10.3. The molecule has 0 saturated heterocycles. The lowest BCUT2D eigenvalue weighted by Gasteiger charge is -2.17. The quantitative estimate of drug-likeness (QED) is 0.500. The molecule has 0 saturated carbocycles. The zero-order chi connectivity index (χ0) is 21.3. The summed E-state index contributed by atoms with van der Waals surface area (Å²) in [6, 6.07) is 14.8. The number of carbonyl (C=O) groups is 2. The minimum Gasteiger partial charge on any atom is -0.484 e. The van der Waals surface area contributed by atoms with Gasteiger partial charge in [-0.2, -0.15) is 0 Å². The molecule has 2 N–H and O–H groups in total. The van der Waals surface area contributed by atoms with Crippen molar-refractivity contribution in [1.82, 2.24) is 10.3 Å². The average Bonchev–Trinajstić information content (AvgIpc) is 3.16. The number of hydrogen-bond acceptors (Lipinski definition) is 4. The molecule has 1 unspecified atom stereocenters. The summed E-state index contributed by atoms with van der Waals surface area (Å²) in [5.74, 6) is -0.208. The van der Waals surface area contributed by atoms with Crippen molar-refractivity contribution >= 4 is 22.8 Å². The number of aromatic nitrogens is 1. The van der Waals surface area contributed by atoms with Gasteiger partial charge in [0.15, 0.2) is 6.61 Å². The number of aryl methyl sites for hydroxylation is 1. The molecule has 0 aliphatic carbocycles. The zero-order valence-electron chi connectivity index (χ0n) is 17.4. The smallest absolute Gasteiger partial charge is 0.328 e. The number of nitrogens with one attached hydrogen (secondary N) is 2. The maximum atomic E-state index is 12.4. The number of fused-ring (bicyclic) bond motifs is 1. The van der Waals surface area contributed by atoms with Gasteiger partial charge in [0.25, 0.3) is 5.91 Å². The number of amides is 1. The summed E-state index contributed by atoms with van der Waals surface area (Å²) in [5, 5.41) is 3.77. The van der Waals surface area contributed by atoms with Crippen molar-refractivity contribution in [3.63, 3.8) is 0 Å². The van der Waals surface area contributed by atoms with Gasteiger partial charge < -0.3 is 19.8 Å². The molecule has 0 spiro atoms. The van der Waals surface area contributed by atoms with Crippen molar-refractivity contribution in [3.05, 3.63) is 65.9 Å². The number of benzene rings is 2. The van der Waals surface area contributed by atoms with E-state index < -0.39 is 12.0 Å². The molecule has 1 aromatic heterocycles. The lowest BCUT2D eigenvalue weighted by atomic mass is 10.0. The third-order valence-electron chi connectivity index (χ3n) is 4.84. The highest BCUT2D eigenvalue weighted by molar-refractivity contribution is 5.87. The van der Waals surface area contributed by atoms with E-state index in [2.05, 4.69) is 17.2 Å². The Balaban J connectivity index is 1.62. The number of para-hydroxylation sites is 1. The molecule has 1 amide bonds. The van der Waals surface area contributed by atoms with Crippen molar-refractivity contribution in [2.75, 3.05) is 13.2 Å². The van der Waals surface area contributed by atoms with Crippen LogP contribution in [0.2, 0.25) is 0 Å². The van der Waals surface area contributed by atoms with E-state index in [1.165, 1.54) is 5.56 Å². The van der Waals surface area contributed by atoms with Gasteiger partial charge in [0.05, 0.1) is 6.61 Å². The molecule has 0 aliphatic heterocycles. The molecule has 3 aromatic rings. The first-order chi connectivity index (χ1) is 14.6. The normalized spacial score (nSPS) is 11.8. The third kappa shape index (κ3) is 5.63.